The summed E-state index contributed by atoms with van der Waals surface area (Å²) in [7, 11) is 0. The third kappa shape index (κ3) is 2.48. The fourth-order valence-corrected chi connectivity index (χ4v) is 2.76. The van der Waals surface area contributed by atoms with Crippen LogP contribution in [0.1, 0.15) is 5.69 Å². The summed E-state index contributed by atoms with van der Waals surface area (Å²) in [5, 5.41) is 1.59. The van der Waals surface area contributed by atoms with Gasteiger partial charge in [0.15, 0.2) is 0 Å². The zero-order valence-electron chi connectivity index (χ0n) is 12.4. The number of pyridine rings is 2. The van der Waals surface area contributed by atoms with Crippen molar-refractivity contribution in [1.82, 2.24) is 9.97 Å². The number of alkyl halides is 3. The van der Waals surface area contributed by atoms with Crippen molar-refractivity contribution in [3.05, 3.63) is 72.6 Å². The Hall–Kier alpha value is -2.95. The minimum atomic E-state index is -4.47. The van der Waals surface area contributed by atoms with Gasteiger partial charge in [-0.15, -0.1) is 0 Å². The summed E-state index contributed by atoms with van der Waals surface area (Å²) in [6.07, 6.45) is -2.80. The third-order valence-electron chi connectivity index (χ3n) is 3.91. The summed E-state index contributed by atoms with van der Waals surface area (Å²) in [4.78, 5) is 8.24. The number of para-hydroxylation sites is 2. The molecule has 0 aliphatic carbocycles. The molecule has 0 spiro atoms. The van der Waals surface area contributed by atoms with Crippen LogP contribution in [0.2, 0.25) is 0 Å². The van der Waals surface area contributed by atoms with Gasteiger partial charge in [0.25, 0.3) is 0 Å². The molecule has 0 radical (unpaired) electrons. The molecule has 4 aromatic rings. The molecule has 0 atom stereocenters. The molecule has 0 N–H and O–H groups in total. The summed E-state index contributed by atoms with van der Waals surface area (Å²) >= 11 is 0. The largest absolute Gasteiger partial charge is 0.433 e. The van der Waals surface area contributed by atoms with E-state index < -0.39 is 11.9 Å². The van der Waals surface area contributed by atoms with E-state index in [-0.39, 0.29) is 0 Å². The number of rotatable bonds is 1. The first-order valence-corrected chi connectivity index (χ1v) is 7.34. The quantitative estimate of drug-likeness (QED) is 0.464. The van der Waals surface area contributed by atoms with Gasteiger partial charge < -0.3 is 0 Å². The van der Waals surface area contributed by atoms with Crippen molar-refractivity contribution in [2.24, 2.45) is 0 Å². The summed E-state index contributed by atoms with van der Waals surface area (Å²) in [5.74, 6) is 0. The molecular weight excluding hydrogens is 313 g/mol. The fraction of sp³-hybridized carbons (Fsp3) is 0.0526. The van der Waals surface area contributed by atoms with Crippen LogP contribution in [-0.4, -0.2) is 9.97 Å². The Bertz CT molecular complexity index is 1060. The first-order valence-electron chi connectivity index (χ1n) is 7.34. The summed E-state index contributed by atoms with van der Waals surface area (Å²) in [6.45, 7) is 0. The van der Waals surface area contributed by atoms with E-state index in [2.05, 4.69) is 9.97 Å². The van der Waals surface area contributed by atoms with Crippen molar-refractivity contribution in [1.29, 1.82) is 0 Å². The Labute approximate surface area is 135 Å². The average Bonchev–Trinajstić information content (AvgIpc) is 2.59. The van der Waals surface area contributed by atoms with Crippen molar-refractivity contribution in [3.63, 3.8) is 0 Å². The van der Waals surface area contributed by atoms with E-state index in [0.717, 1.165) is 22.5 Å². The maximum absolute atomic E-state index is 13.0. The average molecular weight is 324 g/mol. The normalized spacial score (nSPS) is 12.0. The van der Waals surface area contributed by atoms with Crippen LogP contribution in [0.25, 0.3) is 32.9 Å². The highest BCUT2D eigenvalue weighted by atomic mass is 19.4. The van der Waals surface area contributed by atoms with Crippen molar-refractivity contribution in [2.45, 2.75) is 6.18 Å². The van der Waals surface area contributed by atoms with Crippen LogP contribution in [0.3, 0.4) is 0 Å². The molecule has 2 heterocycles. The second-order valence-corrected chi connectivity index (χ2v) is 5.49. The van der Waals surface area contributed by atoms with Crippen molar-refractivity contribution < 1.29 is 13.2 Å². The lowest BCUT2D eigenvalue weighted by Gasteiger charge is -2.10. The highest BCUT2D eigenvalue weighted by Gasteiger charge is 2.32. The number of halogens is 3. The second kappa shape index (κ2) is 5.30. The fourth-order valence-electron chi connectivity index (χ4n) is 2.76. The molecule has 118 valence electrons. The van der Waals surface area contributed by atoms with E-state index in [1.165, 1.54) is 6.07 Å². The molecule has 5 heteroatoms. The van der Waals surface area contributed by atoms with Gasteiger partial charge in [-0.25, -0.2) is 4.98 Å². The van der Waals surface area contributed by atoms with Crippen LogP contribution < -0.4 is 0 Å². The molecule has 0 bridgehead atoms. The van der Waals surface area contributed by atoms with Gasteiger partial charge in [-0.1, -0.05) is 42.5 Å². The van der Waals surface area contributed by atoms with Gasteiger partial charge in [0, 0.05) is 28.1 Å². The van der Waals surface area contributed by atoms with Crippen LogP contribution in [0, 0.1) is 0 Å². The van der Waals surface area contributed by atoms with Gasteiger partial charge in [-0.3, -0.25) is 4.98 Å². The van der Waals surface area contributed by atoms with E-state index in [9.17, 15) is 13.2 Å². The molecule has 4 rings (SSSR count). The first kappa shape index (κ1) is 14.6. The van der Waals surface area contributed by atoms with E-state index in [4.69, 9.17) is 0 Å². The maximum Gasteiger partial charge on any atom is 0.433 e. The zero-order chi connectivity index (χ0) is 16.7. The van der Waals surface area contributed by atoms with Gasteiger partial charge in [-0.2, -0.15) is 13.2 Å². The smallest absolute Gasteiger partial charge is 0.256 e. The molecule has 0 saturated heterocycles. The SMILES string of the molecule is FC(F)(F)c1ccc2cccc(-c3cnc4ccccc4c3)c2n1. The van der Waals surface area contributed by atoms with Gasteiger partial charge in [0.2, 0.25) is 0 Å². The lowest BCUT2D eigenvalue weighted by atomic mass is 10.0. The Morgan fingerprint density at radius 2 is 1.58 bits per heavy atom. The second-order valence-electron chi connectivity index (χ2n) is 5.49. The highest BCUT2D eigenvalue weighted by Crippen LogP contribution is 2.33. The van der Waals surface area contributed by atoms with Crippen molar-refractivity contribution in [3.8, 4) is 11.1 Å². The van der Waals surface area contributed by atoms with Crippen LogP contribution in [0.5, 0.6) is 0 Å². The Balaban J connectivity index is 1.97. The molecule has 0 aliphatic rings. The monoisotopic (exact) mass is 324 g/mol. The van der Waals surface area contributed by atoms with Gasteiger partial charge in [0.05, 0.1) is 11.0 Å². The number of hydrogen-bond donors (Lipinski definition) is 0. The van der Waals surface area contributed by atoms with E-state index in [1.54, 1.807) is 18.3 Å². The molecule has 2 aromatic heterocycles. The molecule has 0 aliphatic heterocycles. The molecule has 24 heavy (non-hydrogen) atoms. The standard InChI is InChI=1S/C19H11F3N2/c20-19(21,22)17-9-8-12-5-3-6-15(18(12)24-17)14-10-13-4-1-2-7-16(13)23-11-14/h1-11H. The minimum Gasteiger partial charge on any atom is -0.256 e. The van der Waals surface area contributed by atoms with E-state index in [0.29, 0.717) is 16.5 Å². The predicted octanol–water partition coefficient (Wildman–Crippen LogP) is 5.47. The number of nitrogens with zero attached hydrogens (tertiary/aromatic N) is 2. The molecule has 0 amide bonds. The minimum absolute atomic E-state index is 0.324. The number of aromatic nitrogens is 2. The van der Waals surface area contributed by atoms with Gasteiger partial charge >= 0.3 is 6.18 Å². The molecule has 2 aromatic carbocycles. The number of fused-ring (bicyclic) bond motifs is 2. The van der Waals surface area contributed by atoms with Crippen LogP contribution >= 0.6 is 0 Å². The highest BCUT2D eigenvalue weighted by molar-refractivity contribution is 5.95. The lowest BCUT2D eigenvalue weighted by Crippen LogP contribution is -2.07. The summed E-state index contributed by atoms with van der Waals surface area (Å²) in [6, 6.07) is 17.3. The van der Waals surface area contributed by atoms with Crippen LogP contribution in [-0.2, 0) is 6.18 Å². The first-order chi connectivity index (χ1) is 11.5. The number of hydrogen-bond acceptors (Lipinski definition) is 2. The van der Waals surface area contributed by atoms with Crippen LogP contribution in [0.4, 0.5) is 13.2 Å². The van der Waals surface area contributed by atoms with Crippen LogP contribution in [0.15, 0.2) is 66.9 Å². The number of benzene rings is 2. The summed E-state index contributed by atoms with van der Waals surface area (Å²) < 4.78 is 39.0. The lowest BCUT2D eigenvalue weighted by molar-refractivity contribution is -0.140. The molecule has 2 nitrogen and oxygen atoms in total. The van der Waals surface area contributed by atoms with E-state index in [1.807, 2.05) is 36.4 Å². The molecule has 0 fully saturated rings. The zero-order valence-corrected chi connectivity index (χ0v) is 12.4. The molecule has 0 unspecified atom stereocenters. The van der Waals surface area contributed by atoms with E-state index >= 15 is 0 Å². The van der Waals surface area contributed by atoms with Crippen molar-refractivity contribution in [2.75, 3.05) is 0 Å². The third-order valence-corrected chi connectivity index (χ3v) is 3.91. The molecule has 0 saturated carbocycles. The molecular formula is C19H11F3N2. The topological polar surface area (TPSA) is 25.8 Å². The summed E-state index contributed by atoms with van der Waals surface area (Å²) in [5.41, 5.74) is 1.65. The Morgan fingerprint density at radius 1 is 0.792 bits per heavy atom. The maximum atomic E-state index is 13.0. The Kier molecular flexibility index (Phi) is 3.23. The van der Waals surface area contributed by atoms with Crippen molar-refractivity contribution >= 4 is 21.8 Å². The van der Waals surface area contributed by atoms with Gasteiger partial charge in [-0.05, 0) is 18.2 Å². The predicted molar refractivity (Wildman–Crippen MR) is 87.5 cm³/mol. The van der Waals surface area contributed by atoms with Gasteiger partial charge in [0.1, 0.15) is 5.69 Å². The Morgan fingerprint density at radius 3 is 2.42 bits per heavy atom.